The summed E-state index contributed by atoms with van der Waals surface area (Å²) in [6.07, 6.45) is 1.57. The molecule has 1 amide bonds. The van der Waals surface area contributed by atoms with Crippen molar-refractivity contribution >= 4 is 5.91 Å². The fraction of sp³-hybridized carbons (Fsp3) is 0.267. The highest BCUT2D eigenvalue weighted by atomic mass is 16.5. The number of carbonyl (C=O) groups is 1. The van der Waals surface area contributed by atoms with Crippen LogP contribution in [0.2, 0.25) is 0 Å². The lowest BCUT2D eigenvalue weighted by Gasteiger charge is -2.11. The van der Waals surface area contributed by atoms with Crippen LogP contribution in [0.25, 0.3) is 0 Å². The van der Waals surface area contributed by atoms with E-state index in [1.54, 1.807) is 12.3 Å². The van der Waals surface area contributed by atoms with Crippen molar-refractivity contribution in [2.75, 3.05) is 6.61 Å². The maximum absolute atomic E-state index is 11.6. The van der Waals surface area contributed by atoms with Crippen molar-refractivity contribution in [2.24, 2.45) is 0 Å². The Kier molecular flexibility index (Phi) is 4.23. The monoisotopic (exact) mass is 258 g/mol. The normalized spacial score (nSPS) is 10.2. The minimum absolute atomic E-state index is 0.00754. The molecule has 1 aromatic carbocycles. The summed E-state index contributed by atoms with van der Waals surface area (Å²) in [5.74, 6) is 1.28. The second-order valence-corrected chi connectivity index (χ2v) is 4.30. The Morgan fingerprint density at radius 2 is 2.11 bits per heavy atom. The van der Waals surface area contributed by atoms with Crippen LogP contribution in [0.3, 0.4) is 0 Å². The molecule has 0 bridgehead atoms. The SMILES string of the molecule is Cc1c[c]cc(C)c1OCC(=O)NCc1ccco1. The van der Waals surface area contributed by atoms with Gasteiger partial charge in [-0.2, -0.15) is 0 Å². The Bertz CT molecular complexity index is 526. The van der Waals surface area contributed by atoms with Gasteiger partial charge in [-0.1, -0.05) is 0 Å². The lowest BCUT2D eigenvalue weighted by Crippen LogP contribution is -2.28. The van der Waals surface area contributed by atoms with E-state index < -0.39 is 0 Å². The van der Waals surface area contributed by atoms with E-state index in [0.29, 0.717) is 6.54 Å². The van der Waals surface area contributed by atoms with Gasteiger partial charge in [-0.05, 0) is 55.3 Å². The Labute approximate surface area is 112 Å². The second-order valence-electron chi connectivity index (χ2n) is 4.30. The smallest absolute Gasteiger partial charge is 0.258 e. The molecule has 0 aliphatic carbocycles. The summed E-state index contributed by atoms with van der Waals surface area (Å²) in [6.45, 7) is 4.22. The number of hydrogen-bond donors (Lipinski definition) is 1. The fourth-order valence-corrected chi connectivity index (χ4v) is 1.75. The molecule has 0 spiro atoms. The number of amides is 1. The topological polar surface area (TPSA) is 51.5 Å². The van der Waals surface area contributed by atoms with Crippen LogP contribution in [0.1, 0.15) is 16.9 Å². The third-order valence-corrected chi connectivity index (χ3v) is 2.70. The Hall–Kier alpha value is -2.23. The lowest BCUT2D eigenvalue weighted by atomic mass is 10.1. The molecule has 0 fully saturated rings. The fourth-order valence-electron chi connectivity index (χ4n) is 1.75. The highest BCUT2D eigenvalue weighted by Crippen LogP contribution is 2.21. The van der Waals surface area contributed by atoms with Crippen LogP contribution in [0.4, 0.5) is 0 Å². The van der Waals surface area contributed by atoms with Crippen LogP contribution in [0.5, 0.6) is 5.75 Å². The molecule has 99 valence electrons. The average Bonchev–Trinajstić information content (AvgIpc) is 2.89. The van der Waals surface area contributed by atoms with E-state index in [4.69, 9.17) is 9.15 Å². The highest BCUT2D eigenvalue weighted by Gasteiger charge is 2.07. The molecule has 1 N–H and O–H groups in total. The number of benzene rings is 1. The van der Waals surface area contributed by atoms with E-state index in [1.165, 1.54) is 0 Å². The summed E-state index contributed by atoms with van der Waals surface area (Å²) >= 11 is 0. The average molecular weight is 258 g/mol. The molecule has 0 saturated carbocycles. The molecular weight excluding hydrogens is 242 g/mol. The van der Waals surface area contributed by atoms with Crippen LogP contribution >= 0.6 is 0 Å². The zero-order chi connectivity index (χ0) is 13.7. The van der Waals surface area contributed by atoms with E-state index in [9.17, 15) is 4.79 Å². The first kappa shape index (κ1) is 13.2. The molecule has 0 unspecified atom stereocenters. The van der Waals surface area contributed by atoms with Crippen LogP contribution in [-0.2, 0) is 11.3 Å². The summed E-state index contributed by atoms with van der Waals surface area (Å²) in [5, 5.41) is 2.73. The maximum Gasteiger partial charge on any atom is 0.258 e. The van der Waals surface area contributed by atoms with Crippen LogP contribution < -0.4 is 10.1 Å². The molecular formula is C15H16NO3. The summed E-state index contributed by atoms with van der Waals surface area (Å²) < 4.78 is 10.7. The first-order valence-electron chi connectivity index (χ1n) is 6.06. The van der Waals surface area contributed by atoms with Gasteiger partial charge in [0.25, 0.3) is 5.91 Å². The van der Waals surface area contributed by atoms with Gasteiger partial charge in [0.2, 0.25) is 0 Å². The highest BCUT2D eigenvalue weighted by molar-refractivity contribution is 5.77. The Morgan fingerprint density at radius 3 is 2.74 bits per heavy atom. The molecule has 1 aromatic heterocycles. The van der Waals surface area contributed by atoms with Gasteiger partial charge in [-0.25, -0.2) is 0 Å². The van der Waals surface area contributed by atoms with E-state index in [0.717, 1.165) is 22.6 Å². The molecule has 0 saturated heterocycles. The number of aryl methyl sites for hydroxylation is 2. The molecule has 2 rings (SSSR count). The van der Waals surface area contributed by atoms with Crippen LogP contribution in [0.15, 0.2) is 34.9 Å². The van der Waals surface area contributed by atoms with E-state index in [-0.39, 0.29) is 12.5 Å². The summed E-state index contributed by atoms with van der Waals surface area (Å²) in [7, 11) is 0. The molecule has 0 aliphatic heterocycles. The largest absolute Gasteiger partial charge is 0.483 e. The summed E-state index contributed by atoms with van der Waals surface area (Å²) in [5.41, 5.74) is 1.94. The van der Waals surface area contributed by atoms with Gasteiger partial charge < -0.3 is 14.5 Å². The summed E-state index contributed by atoms with van der Waals surface area (Å²) in [4.78, 5) is 11.6. The number of hydrogen-bond acceptors (Lipinski definition) is 3. The third-order valence-electron chi connectivity index (χ3n) is 2.70. The van der Waals surface area contributed by atoms with E-state index >= 15 is 0 Å². The van der Waals surface area contributed by atoms with Gasteiger partial charge in [0.05, 0.1) is 12.8 Å². The minimum Gasteiger partial charge on any atom is -0.483 e. The Balaban J connectivity index is 1.83. The molecule has 2 aromatic rings. The zero-order valence-electron chi connectivity index (χ0n) is 11.0. The van der Waals surface area contributed by atoms with Crippen molar-refractivity contribution in [3.63, 3.8) is 0 Å². The minimum atomic E-state index is -0.178. The molecule has 1 heterocycles. The van der Waals surface area contributed by atoms with Crippen molar-refractivity contribution in [1.29, 1.82) is 0 Å². The number of carbonyl (C=O) groups excluding carboxylic acids is 1. The van der Waals surface area contributed by atoms with Crippen LogP contribution in [0, 0.1) is 19.9 Å². The second kappa shape index (κ2) is 6.09. The number of rotatable bonds is 5. The predicted molar refractivity (Wildman–Crippen MR) is 70.8 cm³/mol. The third kappa shape index (κ3) is 3.61. The summed E-state index contributed by atoms with van der Waals surface area (Å²) in [6, 6.07) is 10.3. The van der Waals surface area contributed by atoms with Crippen molar-refractivity contribution in [1.82, 2.24) is 5.32 Å². The van der Waals surface area contributed by atoms with Crippen molar-refractivity contribution in [2.45, 2.75) is 20.4 Å². The van der Waals surface area contributed by atoms with E-state index in [1.807, 2.05) is 32.0 Å². The molecule has 4 nitrogen and oxygen atoms in total. The standard InChI is InChI=1S/C15H16NO3/c1-11-5-3-6-12(2)15(11)19-10-14(17)16-9-13-7-4-8-18-13/h4-8H,9-10H2,1-2H3,(H,16,17). The molecule has 4 heteroatoms. The number of nitrogens with one attached hydrogen (secondary N) is 1. The van der Waals surface area contributed by atoms with Gasteiger partial charge in [-0.15, -0.1) is 0 Å². The number of furan rings is 1. The molecule has 0 aliphatic rings. The maximum atomic E-state index is 11.6. The first-order valence-corrected chi connectivity index (χ1v) is 6.06. The quantitative estimate of drug-likeness (QED) is 0.896. The van der Waals surface area contributed by atoms with Crippen molar-refractivity contribution in [3.05, 3.63) is 53.5 Å². The van der Waals surface area contributed by atoms with Crippen molar-refractivity contribution in [3.8, 4) is 5.75 Å². The molecule has 0 atom stereocenters. The van der Waals surface area contributed by atoms with Gasteiger partial charge in [0.15, 0.2) is 6.61 Å². The van der Waals surface area contributed by atoms with Crippen molar-refractivity contribution < 1.29 is 13.9 Å². The van der Waals surface area contributed by atoms with Gasteiger partial charge in [0.1, 0.15) is 11.5 Å². The predicted octanol–water partition coefficient (Wildman–Crippen LogP) is 2.39. The lowest BCUT2D eigenvalue weighted by molar-refractivity contribution is -0.123. The van der Waals surface area contributed by atoms with Gasteiger partial charge >= 0.3 is 0 Å². The first-order chi connectivity index (χ1) is 9.16. The number of ether oxygens (including phenoxy) is 1. The zero-order valence-corrected chi connectivity index (χ0v) is 11.0. The van der Waals surface area contributed by atoms with Gasteiger partial charge in [-0.3, -0.25) is 4.79 Å². The molecule has 1 radical (unpaired) electrons. The van der Waals surface area contributed by atoms with E-state index in [2.05, 4.69) is 11.4 Å². The Morgan fingerprint density at radius 1 is 1.37 bits per heavy atom. The molecule has 19 heavy (non-hydrogen) atoms. The van der Waals surface area contributed by atoms with Gasteiger partial charge in [0, 0.05) is 0 Å². The van der Waals surface area contributed by atoms with Crippen LogP contribution in [-0.4, -0.2) is 12.5 Å².